The maximum absolute atomic E-state index is 12.3. The zero-order chi connectivity index (χ0) is 20.1. The van der Waals surface area contributed by atoms with Crippen LogP contribution in [0.25, 0.3) is 0 Å². The van der Waals surface area contributed by atoms with Gasteiger partial charge in [0.25, 0.3) is 5.91 Å². The van der Waals surface area contributed by atoms with Gasteiger partial charge in [0.05, 0.1) is 25.0 Å². The number of ether oxygens (including phenoxy) is 2. The topological polar surface area (TPSA) is 77.0 Å². The number of hydrogen-bond acceptors (Lipinski definition) is 5. The largest absolute Gasteiger partial charge is 0.422 e. The highest BCUT2D eigenvalue weighted by atomic mass is 16.5. The van der Waals surface area contributed by atoms with Gasteiger partial charge >= 0.3 is 5.97 Å². The highest BCUT2D eigenvalue weighted by Gasteiger charge is 2.14. The molecule has 1 amide bonds. The van der Waals surface area contributed by atoms with Crippen molar-refractivity contribution in [2.75, 3.05) is 0 Å². The van der Waals surface area contributed by atoms with Crippen LogP contribution in [0, 0.1) is 0 Å². The van der Waals surface area contributed by atoms with Crippen LogP contribution in [-0.4, -0.2) is 18.1 Å². The summed E-state index contributed by atoms with van der Waals surface area (Å²) in [5.41, 5.74) is 6.14. The van der Waals surface area contributed by atoms with E-state index in [1.165, 1.54) is 6.21 Å². The van der Waals surface area contributed by atoms with E-state index in [4.69, 9.17) is 9.47 Å². The molecule has 0 atom stereocenters. The normalized spacial score (nSPS) is 12.6. The molecule has 144 valence electrons. The first-order valence-corrected chi connectivity index (χ1v) is 9.10. The number of esters is 1. The second kappa shape index (κ2) is 8.50. The fourth-order valence-corrected chi connectivity index (χ4v) is 2.95. The molecule has 1 heterocycles. The van der Waals surface area contributed by atoms with E-state index in [0.717, 1.165) is 11.1 Å². The number of nitrogens with one attached hydrogen (secondary N) is 1. The summed E-state index contributed by atoms with van der Waals surface area (Å²) in [4.78, 5) is 24.6. The molecule has 4 rings (SSSR count). The smallest absolute Gasteiger partial charge is 0.343 e. The van der Waals surface area contributed by atoms with Gasteiger partial charge in [-0.2, -0.15) is 5.10 Å². The maximum Gasteiger partial charge on any atom is 0.343 e. The molecule has 1 aliphatic heterocycles. The molecule has 0 fully saturated rings. The number of benzene rings is 3. The summed E-state index contributed by atoms with van der Waals surface area (Å²) in [6, 6.07) is 21.1. The average molecular weight is 386 g/mol. The Balaban J connectivity index is 1.43. The number of rotatable bonds is 5. The van der Waals surface area contributed by atoms with Gasteiger partial charge in [-0.15, -0.1) is 0 Å². The van der Waals surface area contributed by atoms with E-state index < -0.39 is 5.97 Å². The molecule has 3 aromatic carbocycles. The summed E-state index contributed by atoms with van der Waals surface area (Å²) in [6.45, 7) is 1.09. The number of nitrogens with zero attached hydrogens (tertiary/aromatic N) is 1. The molecule has 0 saturated heterocycles. The lowest BCUT2D eigenvalue weighted by Gasteiger charge is -2.07. The van der Waals surface area contributed by atoms with Crippen LogP contribution in [0.5, 0.6) is 5.75 Å². The second-order valence-corrected chi connectivity index (χ2v) is 6.47. The molecular weight excluding hydrogens is 368 g/mol. The Kier molecular flexibility index (Phi) is 5.45. The van der Waals surface area contributed by atoms with Crippen molar-refractivity contribution >= 4 is 18.1 Å². The molecule has 0 unspecified atom stereocenters. The Bertz CT molecular complexity index is 1080. The minimum Gasteiger partial charge on any atom is -0.422 e. The van der Waals surface area contributed by atoms with E-state index in [9.17, 15) is 9.59 Å². The third kappa shape index (κ3) is 4.39. The number of para-hydroxylation sites is 1. The van der Waals surface area contributed by atoms with E-state index in [-0.39, 0.29) is 5.91 Å². The van der Waals surface area contributed by atoms with E-state index in [0.29, 0.717) is 35.7 Å². The molecule has 29 heavy (non-hydrogen) atoms. The van der Waals surface area contributed by atoms with Crippen molar-refractivity contribution in [3.05, 3.63) is 101 Å². The summed E-state index contributed by atoms with van der Waals surface area (Å²) >= 11 is 0. The van der Waals surface area contributed by atoms with Crippen molar-refractivity contribution in [3.63, 3.8) is 0 Å². The standard InChI is InChI=1S/C23H18N2O4/c26-22(17-10-11-19-14-28-15-20(19)12-17)25-24-13-18-8-4-5-9-21(18)29-23(27)16-6-2-1-3-7-16/h1-13H,14-15H2,(H,25,26). The second-order valence-electron chi connectivity index (χ2n) is 6.47. The molecule has 1 aliphatic rings. The summed E-state index contributed by atoms with van der Waals surface area (Å²) in [6.07, 6.45) is 1.45. The number of hydrogen-bond donors (Lipinski definition) is 1. The average Bonchev–Trinajstić information content (AvgIpc) is 3.23. The Labute approximate surface area is 167 Å². The van der Waals surface area contributed by atoms with Gasteiger partial charge in [0.15, 0.2) is 0 Å². The Morgan fingerprint density at radius 2 is 1.66 bits per heavy atom. The SMILES string of the molecule is O=C(NN=Cc1ccccc1OC(=O)c1ccccc1)c1ccc2c(c1)COC2. The molecule has 1 N–H and O–H groups in total. The van der Waals surface area contributed by atoms with Crippen molar-refractivity contribution in [3.8, 4) is 5.75 Å². The Morgan fingerprint density at radius 3 is 2.52 bits per heavy atom. The predicted octanol–water partition coefficient (Wildman–Crippen LogP) is 3.70. The highest BCUT2D eigenvalue weighted by Crippen LogP contribution is 2.21. The van der Waals surface area contributed by atoms with Gasteiger partial charge in [0.1, 0.15) is 5.75 Å². The van der Waals surface area contributed by atoms with Crippen molar-refractivity contribution in [1.82, 2.24) is 5.43 Å². The van der Waals surface area contributed by atoms with Gasteiger partial charge in [-0.25, -0.2) is 10.2 Å². The monoisotopic (exact) mass is 386 g/mol. The lowest BCUT2D eigenvalue weighted by Crippen LogP contribution is -2.18. The molecular formula is C23H18N2O4. The highest BCUT2D eigenvalue weighted by molar-refractivity contribution is 5.96. The fourth-order valence-electron chi connectivity index (χ4n) is 2.95. The lowest BCUT2D eigenvalue weighted by molar-refractivity contribution is 0.0734. The molecule has 6 nitrogen and oxygen atoms in total. The third-order valence-electron chi connectivity index (χ3n) is 4.48. The first kappa shape index (κ1) is 18.6. The summed E-state index contributed by atoms with van der Waals surface area (Å²) in [5, 5.41) is 4.01. The van der Waals surface area contributed by atoms with Gasteiger partial charge in [0.2, 0.25) is 0 Å². The van der Waals surface area contributed by atoms with Crippen LogP contribution in [0.3, 0.4) is 0 Å². The van der Waals surface area contributed by atoms with Crippen molar-refractivity contribution in [2.45, 2.75) is 13.2 Å². The van der Waals surface area contributed by atoms with Crippen molar-refractivity contribution in [2.24, 2.45) is 5.10 Å². The molecule has 0 aromatic heterocycles. The van der Waals surface area contributed by atoms with Gasteiger partial charge in [-0.05, 0) is 47.5 Å². The zero-order valence-electron chi connectivity index (χ0n) is 15.5. The van der Waals surface area contributed by atoms with Crippen molar-refractivity contribution in [1.29, 1.82) is 0 Å². The molecule has 0 spiro atoms. The molecule has 0 bridgehead atoms. The number of amides is 1. The van der Waals surface area contributed by atoms with Gasteiger partial charge in [-0.1, -0.05) is 36.4 Å². The van der Waals surface area contributed by atoms with Crippen LogP contribution in [0.15, 0.2) is 77.9 Å². The minimum absolute atomic E-state index is 0.324. The van der Waals surface area contributed by atoms with E-state index in [1.54, 1.807) is 54.6 Å². The number of fused-ring (bicyclic) bond motifs is 1. The number of carbonyl (C=O) groups is 2. The molecule has 3 aromatic rings. The quantitative estimate of drug-likeness (QED) is 0.314. The maximum atomic E-state index is 12.3. The van der Waals surface area contributed by atoms with Gasteiger partial charge in [-0.3, -0.25) is 4.79 Å². The van der Waals surface area contributed by atoms with Crippen LogP contribution in [0.1, 0.15) is 37.4 Å². The summed E-state index contributed by atoms with van der Waals surface area (Å²) in [5.74, 6) is -0.431. The number of carbonyl (C=O) groups excluding carboxylic acids is 2. The minimum atomic E-state index is -0.462. The first-order chi connectivity index (χ1) is 14.2. The van der Waals surface area contributed by atoms with E-state index >= 15 is 0 Å². The first-order valence-electron chi connectivity index (χ1n) is 9.10. The van der Waals surface area contributed by atoms with Crippen LogP contribution < -0.4 is 10.2 Å². The summed E-state index contributed by atoms with van der Waals surface area (Å²) < 4.78 is 10.8. The summed E-state index contributed by atoms with van der Waals surface area (Å²) in [7, 11) is 0. The zero-order valence-corrected chi connectivity index (χ0v) is 15.5. The molecule has 6 heteroatoms. The van der Waals surface area contributed by atoms with Crippen LogP contribution >= 0.6 is 0 Å². The van der Waals surface area contributed by atoms with Gasteiger partial charge in [0, 0.05) is 11.1 Å². The lowest BCUT2D eigenvalue weighted by atomic mass is 10.1. The Morgan fingerprint density at radius 1 is 0.897 bits per heavy atom. The molecule has 0 radical (unpaired) electrons. The molecule has 0 saturated carbocycles. The van der Waals surface area contributed by atoms with Crippen LogP contribution in [0.4, 0.5) is 0 Å². The number of hydrazone groups is 1. The Hall–Kier alpha value is -3.77. The van der Waals surface area contributed by atoms with Crippen LogP contribution in [-0.2, 0) is 18.0 Å². The van der Waals surface area contributed by atoms with E-state index in [2.05, 4.69) is 10.5 Å². The predicted molar refractivity (Wildman–Crippen MR) is 108 cm³/mol. The third-order valence-corrected chi connectivity index (χ3v) is 4.48. The fraction of sp³-hybridized carbons (Fsp3) is 0.0870. The molecule has 0 aliphatic carbocycles. The van der Waals surface area contributed by atoms with Gasteiger partial charge < -0.3 is 9.47 Å². The van der Waals surface area contributed by atoms with E-state index in [1.807, 2.05) is 18.2 Å². The van der Waals surface area contributed by atoms with Crippen LogP contribution in [0.2, 0.25) is 0 Å². The van der Waals surface area contributed by atoms with Crippen molar-refractivity contribution < 1.29 is 19.1 Å².